The first-order valence-electron chi connectivity index (χ1n) is 11.1. The first-order chi connectivity index (χ1) is 15.0. The maximum absolute atomic E-state index is 9.92. The van der Waals surface area contributed by atoms with Gasteiger partial charge in [-0.2, -0.15) is 0 Å². The molecule has 0 bridgehead atoms. The van der Waals surface area contributed by atoms with Crippen LogP contribution in [0, 0.1) is 5.92 Å². The monoisotopic (exact) mass is 424 g/mol. The molecule has 0 aliphatic carbocycles. The number of ether oxygens (including phenoxy) is 3. The largest absolute Gasteiger partial charge is 0.494 e. The van der Waals surface area contributed by atoms with Crippen LogP contribution in [-0.4, -0.2) is 31.5 Å². The highest BCUT2D eigenvalue weighted by atomic mass is 16.5. The predicted molar refractivity (Wildman–Crippen MR) is 130 cm³/mol. The van der Waals surface area contributed by atoms with Crippen molar-refractivity contribution in [1.29, 1.82) is 0 Å². The van der Waals surface area contributed by atoms with E-state index in [1.807, 2.05) is 52.0 Å². The van der Waals surface area contributed by atoms with E-state index < -0.39 is 0 Å². The van der Waals surface area contributed by atoms with E-state index in [1.54, 1.807) is 7.11 Å². The number of hydrogen-bond donors (Lipinski definition) is 1. The average Bonchev–Trinajstić information content (AvgIpc) is 2.75. The minimum Gasteiger partial charge on any atom is -0.494 e. The van der Waals surface area contributed by atoms with Crippen LogP contribution in [0.1, 0.15) is 57.2 Å². The molecular formula is C27H36O4. The Bertz CT molecular complexity index is 868. The van der Waals surface area contributed by atoms with Gasteiger partial charge in [-0.3, -0.25) is 0 Å². The lowest BCUT2D eigenvalue weighted by molar-refractivity contribution is 0.117. The number of methoxy groups -OCH3 is 1. The zero-order valence-corrected chi connectivity index (χ0v) is 19.4. The van der Waals surface area contributed by atoms with E-state index in [0.717, 1.165) is 35.3 Å². The van der Waals surface area contributed by atoms with Crippen molar-refractivity contribution in [2.45, 2.75) is 46.6 Å². The maximum atomic E-state index is 9.92. The van der Waals surface area contributed by atoms with Crippen LogP contribution >= 0.6 is 0 Å². The maximum Gasteiger partial charge on any atom is 0.168 e. The highest BCUT2D eigenvalue weighted by molar-refractivity contribution is 5.76. The molecule has 0 saturated carbocycles. The van der Waals surface area contributed by atoms with Crippen molar-refractivity contribution in [3.8, 4) is 17.2 Å². The van der Waals surface area contributed by atoms with E-state index in [4.69, 9.17) is 14.2 Å². The van der Waals surface area contributed by atoms with E-state index in [2.05, 4.69) is 36.4 Å². The van der Waals surface area contributed by atoms with Gasteiger partial charge in [0.2, 0.25) is 0 Å². The van der Waals surface area contributed by atoms with Crippen molar-refractivity contribution in [1.82, 2.24) is 0 Å². The third-order valence-corrected chi connectivity index (χ3v) is 4.95. The fourth-order valence-corrected chi connectivity index (χ4v) is 3.22. The summed E-state index contributed by atoms with van der Waals surface area (Å²) in [6.07, 6.45) is 9.70. The van der Waals surface area contributed by atoms with Crippen LogP contribution in [0.4, 0.5) is 0 Å². The summed E-state index contributed by atoms with van der Waals surface area (Å²) in [7, 11) is 1.65. The normalized spacial score (nSPS) is 12.6. The van der Waals surface area contributed by atoms with Gasteiger partial charge < -0.3 is 19.3 Å². The summed E-state index contributed by atoms with van der Waals surface area (Å²) in [5, 5.41) is 9.92. The minimum absolute atomic E-state index is 0.247. The highest BCUT2D eigenvalue weighted by Gasteiger charge is 2.12. The van der Waals surface area contributed by atoms with Crippen LogP contribution in [-0.2, 0) is 0 Å². The smallest absolute Gasteiger partial charge is 0.168 e. The first kappa shape index (κ1) is 24.5. The van der Waals surface area contributed by atoms with E-state index in [0.29, 0.717) is 30.6 Å². The molecule has 0 amide bonds. The summed E-state index contributed by atoms with van der Waals surface area (Å²) in [6.45, 7) is 9.13. The fraction of sp³-hybridized carbons (Fsp3) is 0.407. The lowest BCUT2D eigenvalue weighted by Gasteiger charge is -2.14. The van der Waals surface area contributed by atoms with E-state index in [1.165, 1.54) is 0 Å². The van der Waals surface area contributed by atoms with Crippen LogP contribution in [0.15, 0.2) is 42.5 Å². The Morgan fingerprint density at radius 1 is 0.935 bits per heavy atom. The molecule has 4 nitrogen and oxygen atoms in total. The fourth-order valence-electron chi connectivity index (χ4n) is 3.22. The van der Waals surface area contributed by atoms with Gasteiger partial charge in [-0.1, -0.05) is 56.4 Å². The zero-order valence-electron chi connectivity index (χ0n) is 19.4. The summed E-state index contributed by atoms with van der Waals surface area (Å²) in [5.74, 6) is 2.42. The molecule has 1 N–H and O–H groups in total. The van der Waals surface area contributed by atoms with Crippen LogP contribution < -0.4 is 14.2 Å². The third kappa shape index (κ3) is 7.80. The molecule has 1 unspecified atom stereocenters. The van der Waals surface area contributed by atoms with Crippen LogP contribution in [0.25, 0.3) is 18.2 Å². The molecule has 31 heavy (non-hydrogen) atoms. The summed E-state index contributed by atoms with van der Waals surface area (Å²) in [6, 6.07) is 12.2. The number of rotatable bonds is 12. The van der Waals surface area contributed by atoms with Gasteiger partial charge in [0.1, 0.15) is 5.75 Å². The van der Waals surface area contributed by atoms with Gasteiger partial charge in [-0.05, 0) is 55.9 Å². The number of benzene rings is 2. The second-order valence-corrected chi connectivity index (χ2v) is 7.70. The van der Waals surface area contributed by atoms with E-state index in [9.17, 15) is 5.11 Å². The lowest BCUT2D eigenvalue weighted by Crippen LogP contribution is -2.13. The first-order valence-corrected chi connectivity index (χ1v) is 11.1. The average molecular weight is 425 g/mol. The Morgan fingerprint density at radius 2 is 1.65 bits per heavy atom. The van der Waals surface area contributed by atoms with Crippen molar-refractivity contribution in [2.24, 2.45) is 5.92 Å². The topological polar surface area (TPSA) is 47.9 Å². The predicted octanol–water partition coefficient (Wildman–Crippen LogP) is 6.47. The molecular weight excluding hydrogens is 388 g/mol. The van der Waals surface area contributed by atoms with Crippen molar-refractivity contribution >= 4 is 18.2 Å². The van der Waals surface area contributed by atoms with E-state index >= 15 is 0 Å². The second kappa shape index (κ2) is 12.9. The molecule has 0 saturated heterocycles. The Labute approximate surface area is 187 Å². The summed E-state index contributed by atoms with van der Waals surface area (Å²) < 4.78 is 17.1. The summed E-state index contributed by atoms with van der Waals surface area (Å²) in [5.41, 5.74) is 3.12. The Hall–Kier alpha value is -2.72. The molecule has 0 spiro atoms. The van der Waals surface area contributed by atoms with Crippen molar-refractivity contribution < 1.29 is 19.3 Å². The van der Waals surface area contributed by atoms with Crippen molar-refractivity contribution in [2.75, 3.05) is 20.3 Å². The van der Waals surface area contributed by atoms with Gasteiger partial charge in [0.05, 0.1) is 26.4 Å². The van der Waals surface area contributed by atoms with Gasteiger partial charge in [-0.25, -0.2) is 0 Å². The molecule has 2 aromatic carbocycles. The summed E-state index contributed by atoms with van der Waals surface area (Å²) >= 11 is 0. The van der Waals surface area contributed by atoms with E-state index in [-0.39, 0.29) is 6.10 Å². The molecule has 0 aliphatic heterocycles. The Morgan fingerprint density at radius 3 is 2.29 bits per heavy atom. The number of allylic oxidation sites excluding steroid dienone is 1. The van der Waals surface area contributed by atoms with Crippen LogP contribution in [0.5, 0.6) is 17.2 Å². The molecule has 0 aromatic heterocycles. The van der Waals surface area contributed by atoms with Crippen LogP contribution in [0.3, 0.4) is 0 Å². The van der Waals surface area contributed by atoms with Gasteiger partial charge >= 0.3 is 0 Å². The molecule has 2 rings (SSSR count). The minimum atomic E-state index is -0.247. The summed E-state index contributed by atoms with van der Waals surface area (Å²) in [4.78, 5) is 0. The quantitative estimate of drug-likeness (QED) is 0.397. The Balaban J connectivity index is 2.18. The SMILES string of the molecule is CCOc1cc(C=Cc2cccc(C=CCCC(O)C(C)C)c2)c(OC)c(OCC)c1. The number of aliphatic hydroxyl groups excluding tert-OH is 1. The molecule has 168 valence electrons. The van der Waals surface area contributed by atoms with Gasteiger partial charge in [0.25, 0.3) is 0 Å². The standard InChI is InChI=1S/C27H36O4/c1-6-30-24-18-23(27(29-5)26(19-24)31-7-2)16-15-22-13-10-12-21(17-22)11-8-9-14-25(28)20(3)4/h8,10-13,15-20,25,28H,6-7,9,14H2,1-5H3. The molecule has 2 aromatic rings. The zero-order chi connectivity index (χ0) is 22.6. The molecule has 0 radical (unpaired) electrons. The third-order valence-electron chi connectivity index (χ3n) is 4.95. The second-order valence-electron chi connectivity index (χ2n) is 7.70. The van der Waals surface area contributed by atoms with Crippen LogP contribution in [0.2, 0.25) is 0 Å². The molecule has 0 heterocycles. The Kier molecular flexibility index (Phi) is 10.2. The van der Waals surface area contributed by atoms with Crippen molar-refractivity contribution in [3.63, 3.8) is 0 Å². The number of aliphatic hydroxyl groups is 1. The highest BCUT2D eigenvalue weighted by Crippen LogP contribution is 2.37. The van der Waals surface area contributed by atoms with Gasteiger partial charge in [0, 0.05) is 11.6 Å². The van der Waals surface area contributed by atoms with Gasteiger partial charge in [0.15, 0.2) is 11.5 Å². The molecule has 0 fully saturated rings. The van der Waals surface area contributed by atoms with Crippen molar-refractivity contribution in [3.05, 3.63) is 59.2 Å². The number of hydrogen-bond acceptors (Lipinski definition) is 4. The molecule has 1 atom stereocenters. The lowest BCUT2D eigenvalue weighted by atomic mass is 10.0. The molecule has 4 heteroatoms. The van der Waals surface area contributed by atoms with Gasteiger partial charge in [-0.15, -0.1) is 0 Å². The molecule has 0 aliphatic rings.